The predicted molar refractivity (Wildman–Crippen MR) is 99.1 cm³/mol. The van der Waals surface area contributed by atoms with Crippen LogP contribution in [0, 0.1) is 5.92 Å². The normalized spacial score (nSPS) is 23.4. The van der Waals surface area contributed by atoms with Crippen LogP contribution in [0.2, 0.25) is 0 Å². The third-order valence-corrected chi connectivity index (χ3v) is 5.87. The first-order chi connectivity index (χ1) is 11.1. The summed E-state index contributed by atoms with van der Waals surface area (Å²) in [5.74, 6) is 4.01. The van der Waals surface area contributed by atoms with Crippen molar-refractivity contribution >= 4 is 23.6 Å². The Morgan fingerprint density at radius 1 is 1.17 bits per heavy atom. The molecule has 1 atom stereocenters. The molecule has 132 valence electrons. The second kappa shape index (κ2) is 10.1. The molecule has 23 heavy (non-hydrogen) atoms. The van der Waals surface area contributed by atoms with Gasteiger partial charge in [-0.1, -0.05) is 19.3 Å². The number of carbonyl (C=O) groups is 1. The van der Waals surface area contributed by atoms with Gasteiger partial charge < -0.3 is 15.5 Å². The molecule has 2 fully saturated rings. The number of carbonyl (C=O) groups excluding carboxylic acids is 1. The first-order valence-corrected chi connectivity index (χ1v) is 10.1. The largest absolute Gasteiger partial charge is 0.356 e. The Hall–Kier alpha value is -0.910. The highest BCUT2D eigenvalue weighted by molar-refractivity contribution is 7.99. The number of amides is 1. The number of hydrogen-bond acceptors (Lipinski definition) is 3. The topological polar surface area (TPSA) is 56.7 Å². The van der Waals surface area contributed by atoms with Gasteiger partial charge in [-0.15, -0.1) is 0 Å². The van der Waals surface area contributed by atoms with Gasteiger partial charge >= 0.3 is 0 Å². The SMILES string of the molecule is CN(C)C(=O)CN=C(NCC1CCCCC1)NC1CCCSC1. The number of nitrogens with one attached hydrogen (secondary N) is 2. The van der Waals surface area contributed by atoms with E-state index in [9.17, 15) is 4.79 Å². The molecule has 1 saturated carbocycles. The molecule has 1 heterocycles. The molecule has 0 aromatic heterocycles. The molecule has 1 saturated heterocycles. The van der Waals surface area contributed by atoms with Crippen LogP contribution in [0.5, 0.6) is 0 Å². The molecule has 0 bridgehead atoms. The van der Waals surface area contributed by atoms with E-state index in [1.165, 1.54) is 50.7 Å². The van der Waals surface area contributed by atoms with Gasteiger partial charge in [-0.3, -0.25) is 4.79 Å². The van der Waals surface area contributed by atoms with Crippen LogP contribution < -0.4 is 10.6 Å². The van der Waals surface area contributed by atoms with Crippen molar-refractivity contribution in [3.63, 3.8) is 0 Å². The van der Waals surface area contributed by atoms with Crippen molar-refractivity contribution in [3.05, 3.63) is 0 Å². The van der Waals surface area contributed by atoms with Crippen LogP contribution in [-0.2, 0) is 4.79 Å². The predicted octanol–water partition coefficient (Wildman–Crippen LogP) is 2.09. The number of guanidine groups is 1. The molecule has 2 aliphatic rings. The lowest BCUT2D eigenvalue weighted by atomic mass is 9.89. The maximum Gasteiger partial charge on any atom is 0.243 e. The van der Waals surface area contributed by atoms with Gasteiger partial charge in [-0.05, 0) is 37.4 Å². The van der Waals surface area contributed by atoms with E-state index < -0.39 is 0 Å². The van der Waals surface area contributed by atoms with Gasteiger partial charge in [-0.2, -0.15) is 11.8 Å². The van der Waals surface area contributed by atoms with Crippen LogP contribution in [0.15, 0.2) is 4.99 Å². The highest BCUT2D eigenvalue weighted by atomic mass is 32.2. The Morgan fingerprint density at radius 3 is 2.61 bits per heavy atom. The van der Waals surface area contributed by atoms with Crippen molar-refractivity contribution in [2.24, 2.45) is 10.9 Å². The van der Waals surface area contributed by atoms with Crippen molar-refractivity contribution in [2.45, 2.75) is 51.0 Å². The first-order valence-electron chi connectivity index (χ1n) is 8.98. The van der Waals surface area contributed by atoms with Gasteiger partial charge in [0.2, 0.25) is 5.91 Å². The number of thioether (sulfide) groups is 1. The highest BCUT2D eigenvalue weighted by Gasteiger charge is 2.17. The van der Waals surface area contributed by atoms with Crippen molar-refractivity contribution in [1.82, 2.24) is 15.5 Å². The molecule has 1 aliphatic carbocycles. The minimum absolute atomic E-state index is 0.0433. The molecule has 6 heteroatoms. The summed E-state index contributed by atoms with van der Waals surface area (Å²) < 4.78 is 0. The lowest BCUT2D eigenvalue weighted by Crippen LogP contribution is -2.47. The molecule has 0 aromatic carbocycles. The number of rotatable bonds is 5. The summed E-state index contributed by atoms with van der Waals surface area (Å²) in [6.07, 6.45) is 9.17. The third-order valence-electron chi connectivity index (χ3n) is 4.66. The summed E-state index contributed by atoms with van der Waals surface area (Å²) in [4.78, 5) is 17.9. The third kappa shape index (κ3) is 7.02. The average Bonchev–Trinajstić information content (AvgIpc) is 2.58. The lowest BCUT2D eigenvalue weighted by molar-refractivity contribution is -0.127. The van der Waals surface area contributed by atoms with E-state index in [-0.39, 0.29) is 12.5 Å². The Morgan fingerprint density at radius 2 is 1.96 bits per heavy atom. The number of hydrogen-bond donors (Lipinski definition) is 2. The van der Waals surface area contributed by atoms with Crippen LogP contribution in [0.3, 0.4) is 0 Å². The summed E-state index contributed by atoms with van der Waals surface area (Å²) in [6, 6.07) is 0.473. The monoisotopic (exact) mass is 340 g/mol. The van der Waals surface area contributed by atoms with E-state index in [4.69, 9.17) is 0 Å². The van der Waals surface area contributed by atoms with E-state index >= 15 is 0 Å². The lowest BCUT2D eigenvalue weighted by Gasteiger charge is -2.27. The van der Waals surface area contributed by atoms with Crippen LogP contribution in [0.25, 0.3) is 0 Å². The Bertz CT molecular complexity index is 388. The van der Waals surface area contributed by atoms with Crippen molar-refractivity contribution < 1.29 is 4.79 Å². The van der Waals surface area contributed by atoms with Gasteiger partial charge in [0.25, 0.3) is 0 Å². The fourth-order valence-electron chi connectivity index (χ4n) is 3.12. The standard InChI is InChI=1S/C17H32N4OS/c1-21(2)16(22)12-19-17(20-15-9-6-10-23-13-15)18-11-14-7-4-3-5-8-14/h14-15H,3-13H2,1-2H3,(H2,18,19,20). The van der Waals surface area contributed by atoms with Gasteiger partial charge in [0.15, 0.2) is 5.96 Å². The van der Waals surface area contributed by atoms with Gasteiger partial charge in [0.1, 0.15) is 6.54 Å². The van der Waals surface area contributed by atoms with E-state index in [1.54, 1.807) is 19.0 Å². The van der Waals surface area contributed by atoms with E-state index in [1.807, 2.05) is 11.8 Å². The summed E-state index contributed by atoms with van der Waals surface area (Å²) in [5, 5.41) is 7.03. The molecule has 1 unspecified atom stereocenters. The average molecular weight is 341 g/mol. The fourth-order valence-corrected chi connectivity index (χ4v) is 4.19. The zero-order valence-corrected chi connectivity index (χ0v) is 15.5. The van der Waals surface area contributed by atoms with Gasteiger partial charge in [-0.25, -0.2) is 4.99 Å². The fraction of sp³-hybridized carbons (Fsp3) is 0.882. The zero-order chi connectivity index (χ0) is 16.5. The number of likely N-dealkylation sites (N-methyl/N-ethyl adjacent to an activating group) is 1. The second-order valence-corrected chi connectivity index (χ2v) is 8.05. The maximum atomic E-state index is 11.8. The first kappa shape index (κ1) is 18.4. The molecule has 1 amide bonds. The highest BCUT2D eigenvalue weighted by Crippen LogP contribution is 2.22. The smallest absolute Gasteiger partial charge is 0.243 e. The Balaban J connectivity index is 1.86. The van der Waals surface area contributed by atoms with Crippen molar-refractivity contribution in [1.29, 1.82) is 0 Å². The van der Waals surface area contributed by atoms with Crippen molar-refractivity contribution in [3.8, 4) is 0 Å². The van der Waals surface area contributed by atoms with Gasteiger partial charge in [0, 0.05) is 32.4 Å². The van der Waals surface area contributed by atoms with Crippen LogP contribution in [0.1, 0.15) is 44.9 Å². The molecule has 5 nitrogen and oxygen atoms in total. The molecule has 0 aromatic rings. The minimum Gasteiger partial charge on any atom is -0.356 e. The van der Waals surface area contributed by atoms with Gasteiger partial charge in [0.05, 0.1) is 0 Å². The zero-order valence-electron chi connectivity index (χ0n) is 14.6. The van der Waals surface area contributed by atoms with Crippen LogP contribution in [-0.4, -0.2) is 61.5 Å². The van der Waals surface area contributed by atoms with Crippen LogP contribution in [0.4, 0.5) is 0 Å². The Kier molecular flexibility index (Phi) is 8.06. The van der Waals surface area contributed by atoms with Crippen LogP contribution >= 0.6 is 11.8 Å². The Labute approximate surface area is 145 Å². The summed E-state index contributed by atoms with van der Waals surface area (Å²) in [7, 11) is 3.55. The number of aliphatic imine (C=N–C) groups is 1. The molecule has 2 rings (SSSR count). The minimum atomic E-state index is 0.0433. The van der Waals surface area contributed by atoms with E-state index in [0.717, 1.165) is 24.2 Å². The van der Waals surface area contributed by atoms with E-state index in [2.05, 4.69) is 15.6 Å². The molecule has 1 aliphatic heterocycles. The maximum absolute atomic E-state index is 11.8. The summed E-state index contributed by atoms with van der Waals surface area (Å²) >= 11 is 2.00. The molecule has 0 spiro atoms. The summed E-state index contributed by atoms with van der Waals surface area (Å²) in [6.45, 7) is 1.19. The molecule has 2 N–H and O–H groups in total. The molecule has 0 radical (unpaired) electrons. The molecular formula is C17H32N4OS. The second-order valence-electron chi connectivity index (χ2n) is 6.90. The quantitative estimate of drug-likeness (QED) is 0.594. The molecular weight excluding hydrogens is 308 g/mol. The number of nitrogens with zero attached hydrogens (tertiary/aromatic N) is 2. The summed E-state index contributed by atoms with van der Waals surface area (Å²) in [5.41, 5.74) is 0. The van der Waals surface area contributed by atoms with Crippen molar-refractivity contribution in [2.75, 3.05) is 38.7 Å². The van der Waals surface area contributed by atoms with E-state index in [0.29, 0.717) is 6.04 Å².